The van der Waals surface area contributed by atoms with Crippen LogP contribution in [0, 0.1) is 0 Å². The summed E-state index contributed by atoms with van der Waals surface area (Å²) in [5.41, 5.74) is 3.16. The van der Waals surface area contributed by atoms with Gasteiger partial charge in [0, 0.05) is 50.5 Å². The van der Waals surface area contributed by atoms with Gasteiger partial charge in [0.25, 0.3) is 0 Å². The maximum Gasteiger partial charge on any atom is 0.191 e. The molecule has 1 aliphatic rings. The molecule has 0 bridgehead atoms. The van der Waals surface area contributed by atoms with Gasteiger partial charge in [0.1, 0.15) is 5.76 Å². The van der Waals surface area contributed by atoms with Gasteiger partial charge in [-0.1, -0.05) is 30.3 Å². The van der Waals surface area contributed by atoms with Crippen molar-refractivity contribution in [3.63, 3.8) is 0 Å². The first-order valence-electron chi connectivity index (χ1n) is 10.5. The van der Waals surface area contributed by atoms with Crippen molar-refractivity contribution in [2.24, 2.45) is 12.0 Å². The molecule has 1 aliphatic heterocycles. The van der Waals surface area contributed by atoms with Crippen LogP contribution in [0.4, 0.5) is 0 Å². The van der Waals surface area contributed by atoms with Gasteiger partial charge in [-0.05, 0) is 25.0 Å². The molecule has 1 atom stereocenters. The number of hydrogen-bond acceptors (Lipinski definition) is 4. The zero-order chi connectivity index (χ0) is 20.6. The zero-order valence-electron chi connectivity index (χ0n) is 17.4. The van der Waals surface area contributed by atoms with Gasteiger partial charge in [-0.25, -0.2) is 4.99 Å². The summed E-state index contributed by atoms with van der Waals surface area (Å²) in [6.07, 6.45) is 7.00. The minimum Gasteiger partial charge on any atom is -0.469 e. The van der Waals surface area contributed by atoms with Crippen LogP contribution in [0.2, 0.25) is 0 Å². The standard InChI is InChI=1S/C23H29N5O2/c1-28-17-19(22(27-28)18-7-3-2-4-8-18)15-25-23(26-16-21-10-6-14-30-21)24-12-11-20-9-5-13-29-20/h2-5,7-9,13,17,21H,6,10-12,14-16H2,1H3,(H2,24,25,26). The van der Waals surface area contributed by atoms with E-state index in [0.717, 1.165) is 67.5 Å². The molecule has 3 aromatic rings. The Hall–Kier alpha value is -3.06. The van der Waals surface area contributed by atoms with Crippen molar-refractivity contribution >= 4 is 5.96 Å². The smallest absolute Gasteiger partial charge is 0.191 e. The fourth-order valence-corrected chi connectivity index (χ4v) is 3.61. The lowest BCUT2D eigenvalue weighted by atomic mass is 10.1. The number of nitrogens with one attached hydrogen (secondary N) is 2. The molecule has 0 amide bonds. The lowest BCUT2D eigenvalue weighted by molar-refractivity contribution is 0.114. The number of hydrogen-bond donors (Lipinski definition) is 2. The number of benzene rings is 1. The molecule has 2 aromatic heterocycles. The van der Waals surface area contributed by atoms with Crippen molar-refractivity contribution in [3.8, 4) is 11.3 Å². The summed E-state index contributed by atoms with van der Waals surface area (Å²) in [6.45, 7) is 2.88. The van der Waals surface area contributed by atoms with Crippen LogP contribution in [0.3, 0.4) is 0 Å². The van der Waals surface area contributed by atoms with Crippen molar-refractivity contribution in [2.45, 2.75) is 31.9 Å². The van der Waals surface area contributed by atoms with Gasteiger partial charge < -0.3 is 19.8 Å². The van der Waals surface area contributed by atoms with Crippen LogP contribution >= 0.6 is 0 Å². The Morgan fingerprint density at radius 1 is 1.20 bits per heavy atom. The summed E-state index contributed by atoms with van der Waals surface area (Å²) in [6, 6.07) is 14.1. The quantitative estimate of drug-likeness (QED) is 0.443. The van der Waals surface area contributed by atoms with Crippen molar-refractivity contribution in [2.75, 3.05) is 19.7 Å². The molecule has 158 valence electrons. The molecule has 0 radical (unpaired) electrons. The molecule has 7 heteroatoms. The molecule has 1 unspecified atom stereocenters. The molecule has 4 rings (SSSR count). The molecule has 7 nitrogen and oxygen atoms in total. The number of nitrogens with zero attached hydrogens (tertiary/aromatic N) is 3. The molecule has 3 heterocycles. The van der Waals surface area contributed by atoms with E-state index in [0.29, 0.717) is 6.54 Å². The highest BCUT2D eigenvalue weighted by Crippen LogP contribution is 2.22. The Morgan fingerprint density at radius 2 is 2.10 bits per heavy atom. The Kier molecular flexibility index (Phi) is 6.82. The summed E-state index contributed by atoms with van der Waals surface area (Å²) in [4.78, 5) is 4.83. The number of aliphatic imine (C=N–C) groups is 1. The van der Waals surface area contributed by atoms with E-state index in [4.69, 9.17) is 14.1 Å². The molecule has 1 saturated heterocycles. The van der Waals surface area contributed by atoms with Gasteiger partial charge >= 0.3 is 0 Å². The normalized spacial score (nSPS) is 16.7. The van der Waals surface area contributed by atoms with E-state index < -0.39 is 0 Å². The third-order valence-electron chi connectivity index (χ3n) is 5.12. The monoisotopic (exact) mass is 407 g/mol. The maximum absolute atomic E-state index is 5.74. The topological polar surface area (TPSA) is 76.6 Å². The minimum atomic E-state index is 0.250. The molecule has 30 heavy (non-hydrogen) atoms. The first kappa shape index (κ1) is 20.2. The first-order chi connectivity index (χ1) is 14.8. The summed E-state index contributed by atoms with van der Waals surface area (Å²) in [5, 5.41) is 11.5. The molecule has 1 aromatic carbocycles. The van der Waals surface area contributed by atoms with Gasteiger partial charge in [-0.15, -0.1) is 0 Å². The predicted molar refractivity (Wildman–Crippen MR) is 117 cm³/mol. The molecule has 1 fully saturated rings. The van der Waals surface area contributed by atoms with E-state index in [-0.39, 0.29) is 6.10 Å². The van der Waals surface area contributed by atoms with Gasteiger partial charge in [0.15, 0.2) is 5.96 Å². The van der Waals surface area contributed by atoms with Crippen molar-refractivity contribution in [1.82, 2.24) is 20.4 Å². The second-order valence-corrected chi connectivity index (χ2v) is 7.48. The van der Waals surface area contributed by atoms with Crippen LogP contribution in [-0.4, -0.2) is 41.5 Å². The Balaban J connectivity index is 1.43. The average Bonchev–Trinajstić information content (AvgIpc) is 3.53. The number of ether oxygens (including phenoxy) is 1. The molecule has 2 N–H and O–H groups in total. The zero-order valence-corrected chi connectivity index (χ0v) is 17.4. The average molecular weight is 408 g/mol. The fourth-order valence-electron chi connectivity index (χ4n) is 3.61. The van der Waals surface area contributed by atoms with E-state index in [1.807, 2.05) is 48.3 Å². The number of guanidine groups is 1. The Labute approximate surface area is 177 Å². The Bertz CT molecular complexity index is 928. The second-order valence-electron chi connectivity index (χ2n) is 7.48. The van der Waals surface area contributed by atoms with E-state index >= 15 is 0 Å². The number of aryl methyl sites for hydroxylation is 1. The lowest BCUT2D eigenvalue weighted by Crippen LogP contribution is -2.41. The summed E-state index contributed by atoms with van der Waals surface area (Å²) >= 11 is 0. The van der Waals surface area contributed by atoms with E-state index in [1.54, 1.807) is 6.26 Å². The number of aromatic nitrogens is 2. The van der Waals surface area contributed by atoms with Crippen LogP contribution < -0.4 is 10.6 Å². The third kappa shape index (κ3) is 5.51. The molecule has 0 spiro atoms. The summed E-state index contributed by atoms with van der Waals surface area (Å²) in [7, 11) is 1.94. The molecular weight excluding hydrogens is 378 g/mol. The SMILES string of the molecule is Cn1cc(CN=C(NCCc2ccco2)NCC2CCCO2)c(-c2ccccc2)n1. The third-order valence-corrected chi connectivity index (χ3v) is 5.12. The first-order valence-corrected chi connectivity index (χ1v) is 10.5. The van der Waals surface area contributed by atoms with E-state index in [1.165, 1.54) is 0 Å². The van der Waals surface area contributed by atoms with Gasteiger partial charge in [-0.2, -0.15) is 5.10 Å². The maximum atomic E-state index is 5.74. The molecule has 0 aliphatic carbocycles. The van der Waals surface area contributed by atoms with Gasteiger partial charge in [0.05, 0.1) is 24.6 Å². The molecular formula is C23H29N5O2. The predicted octanol–water partition coefficient (Wildman–Crippen LogP) is 3.14. The van der Waals surface area contributed by atoms with E-state index in [9.17, 15) is 0 Å². The van der Waals surface area contributed by atoms with Gasteiger partial charge in [0.2, 0.25) is 0 Å². The van der Waals surface area contributed by atoms with Crippen molar-refractivity contribution < 1.29 is 9.15 Å². The summed E-state index contributed by atoms with van der Waals surface area (Å²) < 4.78 is 13.0. The highest BCUT2D eigenvalue weighted by atomic mass is 16.5. The van der Waals surface area contributed by atoms with Gasteiger partial charge in [-0.3, -0.25) is 4.68 Å². The van der Waals surface area contributed by atoms with Crippen LogP contribution in [-0.2, 0) is 24.8 Å². The minimum absolute atomic E-state index is 0.250. The fraction of sp³-hybridized carbons (Fsp3) is 0.391. The van der Waals surface area contributed by atoms with Crippen molar-refractivity contribution in [1.29, 1.82) is 0 Å². The molecule has 0 saturated carbocycles. The second kappa shape index (κ2) is 10.1. The van der Waals surface area contributed by atoms with Crippen LogP contribution in [0.1, 0.15) is 24.2 Å². The number of furan rings is 1. The van der Waals surface area contributed by atoms with Crippen LogP contribution in [0.5, 0.6) is 0 Å². The summed E-state index contributed by atoms with van der Waals surface area (Å²) in [5.74, 6) is 1.74. The van der Waals surface area contributed by atoms with E-state index in [2.05, 4.69) is 27.9 Å². The van der Waals surface area contributed by atoms with Crippen LogP contribution in [0.25, 0.3) is 11.3 Å². The highest BCUT2D eigenvalue weighted by molar-refractivity contribution is 5.80. The number of rotatable bonds is 8. The highest BCUT2D eigenvalue weighted by Gasteiger charge is 2.16. The van der Waals surface area contributed by atoms with Crippen molar-refractivity contribution in [3.05, 3.63) is 66.2 Å². The van der Waals surface area contributed by atoms with Crippen LogP contribution in [0.15, 0.2) is 64.3 Å². The Morgan fingerprint density at radius 3 is 2.87 bits per heavy atom. The largest absolute Gasteiger partial charge is 0.469 e. The lowest BCUT2D eigenvalue weighted by Gasteiger charge is -2.15.